The van der Waals surface area contributed by atoms with Crippen molar-refractivity contribution in [2.24, 2.45) is 5.92 Å². The Hall–Kier alpha value is -3.24. The van der Waals surface area contributed by atoms with E-state index in [4.69, 9.17) is 4.74 Å². The maximum atomic E-state index is 12.8. The van der Waals surface area contributed by atoms with Gasteiger partial charge in [-0.05, 0) is 56.2 Å². The Labute approximate surface area is 198 Å². The molecule has 1 saturated heterocycles. The molecule has 1 atom stereocenters. The zero-order valence-corrected chi connectivity index (χ0v) is 19.7. The van der Waals surface area contributed by atoms with E-state index in [9.17, 15) is 22.8 Å². The number of ether oxygens (including phenoxy) is 1. The van der Waals surface area contributed by atoms with Gasteiger partial charge in [-0.2, -0.15) is 4.31 Å². The third kappa shape index (κ3) is 5.45. The van der Waals surface area contributed by atoms with Crippen molar-refractivity contribution in [2.75, 3.05) is 31.5 Å². The first-order chi connectivity index (χ1) is 16.3. The average Bonchev–Trinajstić information content (AvgIpc) is 3.70. The van der Waals surface area contributed by atoms with Crippen LogP contribution in [0.15, 0.2) is 59.5 Å². The Kier molecular flexibility index (Phi) is 6.99. The summed E-state index contributed by atoms with van der Waals surface area (Å²) in [5.74, 6) is -0.965. The quantitative estimate of drug-likeness (QED) is 0.601. The molecular formula is C24H27N3O6S. The van der Waals surface area contributed by atoms with Gasteiger partial charge < -0.3 is 15.0 Å². The number of nitrogens with zero attached hydrogens (tertiary/aromatic N) is 2. The first-order valence-electron chi connectivity index (χ1n) is 11.2. The molecule has 1 N–H and O–H groups in total. The number of amides is 2. The highest BCUT2D eigenvalue weighted by Crippen LogP contribution is 2.30. The number of esters is 1. The van der Waals surface area contributed by atoms with Gasteiger partial charge in [0, 0.05) is 37.8 Å². The Morgan fingerprint density at radius 3 is 2.15 bits per heavy atom. The molecule has 0 aromatic heterocycles. The van der Waals surface area contributed by atoms with E-state index in [1.54, 1.807) is 42.5 Å². The molecule has 2 fully saturated rings. The number of anilines is 1. The van der Waals surface area contributed by atoms with Crippen molar-refractivity contribution in [2.45, 2.75) is 30.8 Å². The fraction of sp³-hybridized carbons (Fsp3) is 0.375. The lowest BCUT2D eigenvalue weighted by Gasteiger charge is -2.35. The summed E-state index contributed by atoms with van der Waals surface area (Å²) < 4.78 is 32.2. The van der Waals surface area contributed by atoms with E-state index in [0.29, 0.717) is 5.69 Å². The molecule has 10 heteroatoms. The number of carbonyl (C=O) groups is 3. The largest absolute Gasteiger partial charge is 0.449 e. The molecule has 0 radical (unpaired) electrons. The van der Waals surface area contributed by atoms with Gasteiger partial charge in [-0.25, -0.2) is 13.2 Å². The van der Waals surface area contributed by atoms with Crippen LogP contribution in [0.3, 0.4) is 0 Å². The zero-order chi connectivity index (χ0) is 24.3. The number of hydrogen-bond donors (Lipinski definition) is 1. The second-order valence-electron chi connectivity index (χ2n) is 8.43. The lowest BCUT2D eigenvalue weighted by molar-refractivity contribution is -0.141. The Morgan fingerprint density at radius 1 is 0.941 bits per heavy atom. The maximum Gasteiger partial charge on any atom is 0.338 e. The van der Waals surface area contributed by atoms with Gasteiger partial charge in [0.15, 0.2) is 6.10 Å². The molecule has 9 nitrogen and oxygen atoms in total. The number of rotatable bonds is 7. The molecule has 34 heavy (non-hydrogen) atoms. The van der Waals surface area contributed by atoms with Crippen LogP contribution in [0.2, 0.25) is 0 Å². The number of carbonyl (C=O) groups excluding carboxylic acids is 3. The van der Waals surface area contributed by atoms with E-state index >= 15 is 0 Å². The van der Waals surface area contributed by atoms with Crippen molar-refractivity contribution in [3.63, 3.8) is 0 Å². The lowest BCUT2D eigenvalue weighted by atomic mass is 10.2. The SMILES string of the molecule is CC(OC(=O)c1ccc(NC(=O)C2CC2)cc1)C(=O)N1CCN(S(=O)(=O)c2ccccc2)CC1. The standard InChI is InChI=1S/C24H27N3O6S/c1-17(33-24(30)19-9-11-20(12-10-19)25-22(28)18-7-8-18)23(29)26-13-15-27(16-14-26)34(31,32)21-5-3-2-4-6-21/h2-6,9-12,17-18H,7-8,13-16H2,1H3,(H,25,28). The van der Waals surface area contributed by atoms with E-state index in [1.807, 2.05) is 0 Å². The molecule has 1 heterocycles. The van der Waals surface area contributed by atoms with E-state index < -0.39 is 22.1 Å². The summed E-state index contributed by atoms with van der Waals surface area (Å²) in [6.45, 7) is 2.25. The lowest BCUT2D eigenvalue weighted by Crippen LogP contribution is -2.52. The van der Waals surface area contributed by atoms with E-state index in [1.165, 1.54) is 28.3 Å². The molecule has 1 unspecified atom stereocenters. The topological polar surface area (TPSA) is 113 Å². The molecule has 2 aromatic carbocycles. The van der Waals surface area contributed by atoms with Gasteiger partial charge >= 0.3 is 5.97 Å². The van der Waals surface area contributed by atoms with Crippen LogP contribution in [0, 0.1) is 5.92 Å². The fourth-order valence-corrected chi connectivity index (χ4v) is 5.15. The first-order valence-corrected chi connectivity index (χ1v) is 12.7. The van der Waals surface area contributed by atoms with Crippen LogP contribution in [0.1, 0.15) is 30.1 Å². The molecule has 2 amide bonds. The number of nitrogens with one attached hydrogen (secondary N) is 1. The molecular weight excluding hydrogens is 458 g/mol. The normalized spacial score (nSPS) is 17.6. The van der Waals surface area contributed by atoms with Crippen LogP contribution in [0.4, 0.5) is 5.69 Å². The van der Waals surface area contributed by atoms with Gasteiger partial charge in [0.25, 0.3) is 5.91 Å². The monoisotopic (exact) mass is 485 g/mol. The van der Waals surface area contributed by atoms with Crippen molar-refractivity contribution in [3.05, 3.63) is 60.2 Å². The van der Waals surface area contributed by atoms with Crippen LogP contribution in [-0.2, 0) is 24.3 Å². The highest BCUT2D eigenvalue weighted by molar-refractivity contribution is 7.89. The van der Waals surface area contributed by atoms with Crippen molar-refractivity contribution in [3.8, 4) is 0 Å². The smallest absolute Gasteiger partial charge is 0.338 e. The third-order valence-electron chi connectivity index (χ3n) is 5.90. The molecule has 4 rings (SSSR count). The summed E-state index contributed by atoms with van der Waals surface area (Å²) in [6.07, 6.45) is 0.791. The minimum absolute atomic E-state index is 0.0220. The Morgan fingerprint density at radius 2 is 1.56 bits per heavy atom. The summed E-state index contributed by atoms with van der Waals surface area (Å²) in [5.41, 5.74) is 0.865. The van der Waals surface area contributed by atoms with E-state index in [0.717, 1.165) is 12.8 Å². The fourth-order valence-electron chi connectivity index (χ4n) is 3.71. The van der Waals surface area contributed by atoms with Crippen LogP contribution in [0.5, 0.6) is 0 Å². The summed E-state index contributed by atoms with van der Waals surface area (Å²) in [7, 11) is -3.62. The molecule has 180 valence electrons. The van der Waals surface area contributed by atoms with Crippen molar-refractivity contribution in [1.29, 1.82) is 0 Å². The summed E-state index contributed by atoms with van der Waals surface area (Å²) in [5, 5.41) is 2.80. The predicted octanol–water partition coefficient (Wildman–Crippen LogP) is 2.11. The molecule has 1 aliphatic carbocycles. The van der Waals surface area contributed by atoms with Gasteiger partial charge in [0.2, 0.25) is 15.9 Å². The van der Waals surface area contributed by atoms with E-state index in [2.05, 4.69) is 5.32 Å². The molecule has 1 aliphatic heterocycles. The second-order valence-corrected chi connectivity index (χ2v) is 10.4. The predicted molar refractivity (Wildman–Crippen MR) is 124 cm³/mol. The van der Waals surface area contributed by atoms with Gasteiger partial charge in [-0.15, -0.1) is 0 Å². The Balaban J connectivity index is 1.28. The molecule has 2 aliphatic rings. The summed E-state index contributed by atoms with van der Waals surface area (Å²) in [4.78, 5) is 38.8. The minimum Gasteiger partial charge on any atom is -0.449 e. The van der Waals surface area contributed by atoms with Crippen LogP contribution in [0.25, 0.3) is 0 Å². The van der Waals surface area contributed by atoms with Gasteiger partial charge in [-0.3, -0.25) is 9.59 Å². The van der Waals surface area contributed by atoms with Crippen molar-refractivity contribution < 1.29 is 27.5 Å². The summed E-state index contributed by atoms with van der Waals surface area (Å²) >= 11 is 0. The van der Waals surface area contributed by atoms with Crippen molar-refractivity contribution in [1.82, 2.24) is 9.21 Å². The highest BCUT2D eigenvalue weighted by atomic mass is 32.2. The molecule has 1 saturated carbocycles. The molecule has 2 aromatic rings. The zero-order valence-electron chi connectivity index (χ0n) is 18.8. The summed E-state index contributed by atoms with van der Waals surface area (Å²) in [6, 6.07) is 14.5. The maximum absolute atomic E-state index is 12.8. The van der Waals surface area contributed by atoms with Gasteiger partial charge in [-0.1, -0.05) is 18.2 Å². The van der Waals surface area contributed by atoms with Gasteiger partial charge in [0.05, 0.1) is 10.5 Å². The molecule has 0 bridgehead atoms. The van der Waals surface area contributed by atoms with E-state index in [-0.39, 0.29) is 54.4 Å². The third-order valence-corrected chi connectivity index (χ3v) is 7.81. The number of benzene rings is 2. The Bertz CT molecular complexity index is 1150. The van der Waals surface area contributed by atoms with Crippen LogP contribution in [-0.4, -0.2) is 67.7 Å². The minimum atomic E-state index is -3.62. The molecule has 0 spiro atoms. The van der Waals surface area contributed by atoms with Crippen LogP contribution >= 0.6 is 0 Å². The van der Waals surface area contributed by atoms with Crippen molar-refractivity contribution >= 4 is 33.5 Å². The number of piperazine rings is 1. The number of hydrogen-bond acceptors (Lipinski definition) is 6. The highest BCUT2D eigenvalue weighted by Gasteiger charge is 2.33. The number of sulfonamides is 1. The first kappa shape index (κ1) is 23.9. The van der Waals surface area contributed by atoms with Crippen LogP contribution < -0.4 is 5.32 Å². The second kappa shape index (κ2) is 9.94. The van der Waals surface area contributed by atoms with Gasteiger partial charge in [0.1, 0.15) is 0 Å². The average molecular weight is 486 g/mol.